The zero-order valence-corrected chi connectivity index (χ0v) is 18.9. The van der Waals surface area contributed by atoms with E-state index in [1.165, 1.54) is 13.2 Å². The topological polar surface area (TPSA) is 54.0 Å². The van der Waals surface area contributed by atoms with Crippen molar-refractivity contribution < 1.29 is 23.7 Å². The maximum absolute atomic E-state index is 11.7. The normalized spacial score (nSPS) is 13.5. The molecule has 0 spiro atoms. The molecule has 0 aromatic heterocycles. The molecule has 4 rings (SSSR count). The third-order valence-electron chi connectivity index (χ3n) is 5.23. The van der Waals surface area contributed by atoms with Crippen LogP contribution in [0.1, 0.15) is 30.5 Å². The van der Waals surface area contributed by atoms with Crippen LogP contribution in [0, 0.1) is 0 Å². The Balaban J connectivity index is 1.82. The Hall–Kier alpha value is -3.99. The molecule has 5 nitrogen and oxygen atoms in total. The van der Waals surface area contributed by atoms with Gasteiger partial charge in [0.2, 0.25) is 5.75 Å². The van der Waals surface area contributed by atoms with Crippen molar-refractivity contribution in [2.45, 2.75) is 19.6 Å². The van der Waals surface area contributed by atoms with E-state index in [0.717, 1.165) is 16.7 Å². The summed E-state index contributed by atoms with van der Waals surface area (Å²) < 4.78 is 24.0. The van der Waals surface area contributed by atoms with Gasteiger partial charge in [0.1, 0.15) is 6.61 Å². The van der Waals surface area contributed by atoms with Crippen molar-refractivity contribution in [1.82, 2.24) is 0 Å². The second-order valence-corrected chi connectivity index (χ2v) is 7.81. The molecule has 1 heterocycles. The van der Waals surface area contributed by atoms with E-state index in [1.54, 1.807) is 6.08 Å². The molecule has 3 aromatic rings. The fourth-order valence-electron chi connectivity index (χ4n) is 3.57. The first-order valence-corrected chi connectivity index (χ1v) is 10.7. The minimum atomic E-state index is -1.16. The van der Waals surface area contributed by atoms with E-state index in [0.29, 0.717) is 29.4 Å². The van der Waals surface area contributed by atoms with Crippen molar-refractivity contribution in [2.75, 3.05) is 13.7 Å². The van der Waals surface area contributed by atoms with Crippen molar-refractivity contribution in [3.8, 4) is 17.2 Å². The van der Waals surface area contributed by atoms with E-state index in [-0.39, 0.29) is 0 Å². The highest BCUT2D eigenvalue weighted by molar-refractivity contribution is 5.88. The molecule has 0 N–H and O–H groups in total. The predicted molar refractivity (Wildman–Crippen MR) is 127 cm³/mol. The Morgan fingerprint density at radius 1 is 0.909 bits per heavy atom. The summed E-state index contributed by atoms with van der Waals surface area (Å²) in [6.07, 6.45) is 4.98. The smallest absolute Gasteiger partial charge is 0.330 e. The molecule has 0 atom stereocenters. The van der Waals surface area contributed by atoms with Crippen LogP contribution in [0.4, 0.5) is 0 Å². The fraction of sp³-hybridized carbons (Fsp3) is 0.179. The number of allylic oxidation sites excluding steroid dienone is 1. The molecule has 0 saturated carbocycles. The van der Waals surface area contributed by atoms with Crippen LogP contribution >= 0.6 is 0 Å². The summed E-state index contributed by atoms with van der Waals surface area (Å²) >= 11 is 0. The number of rotatable bonds is 7. The zero-order chi connectivity index (χ0) is 23.3. The Labute approximate surface area is 193 Å². The molecule has 5 heteroatoms. The summed E-state index contributed by atoms with van der Waals surface area (Å²) in [5.41, 5.74) is 3.53. The summed E-state index contributed by atoms with van der Waals surface area (Å²) in [5, 5.41) is 0. The van der Waals surface area contributed by atoms with Crippen LogP contribution in [0.15, 0.2) is 90.5 Å². The number of esters is 1. The molecule has 0 bridgehead atoms. The quantitative estimate of drug-likeness (QED) is 0.259. The van der Waals surface area contributed by atoms with E-state index < -0.39 is 11.8 Å². The average Bonchev–Trinajstić information content (AvgIpc) is 3.25. The van der Waals surface area contributed by atoms with E-state index >= 15 is 0 Å². The molecule has 33 heavy (non-hydrogen) atoms. The number of hydrogen-bond acceptors (Lipinski definition) is 5. The monoisotopic (exact) mass is 442 g/mol. The minimum absolute atomic E-state index is 0.352. The highest BCUT2D eigenvalue weighted by Crippen LogP contribution is 2.53. The van der Waals surface area contributed by atoms with Gasteiger partial charge in [0.25, 0.3) is 0 Å². The van der Waals surface area contributed by atoms with Crippen molar-refractivity contribution >= 4 is 12.0 Å². The number of carbonyl (C=O) groups excluding carboxylic acids is 1. The predicted octanol–water partition coefficient (Wildman–Crippen LogP) is 5.89. The van der Waals surface area contributed by atoms with Gasteiger partial charge in [-0.3, -0.25) is 0 Å². The highest BCUT2D eigenvalue weighted by Gasteiger charge is 2.47. The van der Waals surface area contributed by atoms with Gasteiger partial charge in [-0.05, 0) is 38.1 Å². The van der Waals surface area contributed by atoms with Gasteiger partial charge in [-0.25, -0.2) is 4.79 Å². The van der Waals surface area contributed by atoms with Crippen LogP contribution in [-0.4, -0.2) is 19.7 Å². The Morgan fingerprint density at radius 2 is 1.55 bits per heavy atom. The van der Waals surface area contributed by atoms with Crippen LogP contribution in [0.25, 0.3) is 6.08 Å². The van der Waals surface area contributed by atoms with Crippen molar-refractivity contribution in [2.24, 2.45) is 0 Å². The second kappa shape index (κ2) is 9.65. The second-order valence-electron chi connectivity index (χ2n) is 7.81. The van der Waals surface area contributed by atoms with Crippen molar-refractivity contribution in [3.05, 3.63) is 107 Å². The number of methoxy groups -OCH3 is 1. The van der Waals surface area contributed by atoms with Gasteiger partial charge in [0, 0.05) is 22.8 Å². The van der Waals surface area contributed by atoms with Crippen LogP contribution in [0.5, 0.6) is 17.2 Å². The van der Waals surface area contributed by atoms with Gasteiger partial charge in [-0.1, -0.05) is 66.2 Å². The fourth-order valence-corrected chi connectivity index (χ4v) is 3.57. The Bertz CT molecular complexity index is 1140. The van der Waals surface area contributed by atoms with Gasteiger partial charge < -0.3 is 18.9 Å². The Kier molecular flexibility index (Phi) is 6.50. The van der Waals surface area contributed by atoms with Crippen LogP contribution in [0.3, 0.4) is 0 Å². The summed E-state index contributed by atoms with van der Waals surface area (Å²) in [4.78, 5) is 11.7. The molecule has 0 amide bonds. The molecular formula is C28H26O5. The zero-order valence-electron chi connectivity index (χ0n) is 18.9. The van der Waals surface area contributed by atoms with Gasteiger partial charge in [0.05, 0.1) is 7.11 Å². The van der Waals surface area contributed by atoms with Crippen LogP contribution in [0.2, 0.25) is 0 Å². The first kappa shape index (κ1) is 22.2. The lowest BCUT2D eigenvalue weighted by atomic mass is 9.97. The maximum atomic E-state index is 11.7. The first-order chi connectivity index (χ1) is 16.0. The maximum Gasteiger partial charge on any atom is 0.330 e. The summed E-state index contributed by atoms with van der Waals surface area (Å²) in [6, 6.07) is 23.3. The molecule has 1 aliphatic rings. The number of hydrogen-bond donors (Lipinski definition) is 0. The lowest BCUT2D eigenvalue weighted by Gasteiger charge is -2.28. The molecule has 3 aromatic carbocycles. The molecule has 0 saturated heterocycles. The molecule has 0 unspecified atom stereocenters. The molecule has 1 aliphatic heterocycles. The lowest BCUT2D eigenvalue weighted by Crippen LogP contribution is -2.36. The number of ether oxygens (including phenoxy) is 4. The number of carbonyl (C=O) groups is 1. The summed E-state index contributed by atoms with van der Waals surface area (Å²) in [6.45, 7) is 4.36. The van der Waals surface area contributed by atoms with Gasteiger partial charge in [-0.15, -0.1) is 0 Å². The third-order valence-corrected chi connectivity index (χ3v) is 5.23. The number of fused-ring (bicyclic) bond motifs is 1. The van der Waals surface area contributed by atoms with Crippen LogP contribution in [-0.2, 0) is 15.3 Å². The molecular weight excluding hydrogens is 416 g/mol. The van der Waals surface area contributed by atoms with Crippen molar-refractivity contribution in [3.63, 3.8) is 0 Å². The Morgan fingerprint density at radius 3 is 2.12 bits per heavy atom. The van der Waals surface area contributed by atoms with Crippen molar-refractivity contribution in [1.29, 1.82) is 0 Å². The average molecular weight is 443 g/mol. The standard InChI is InChI=1S/C28H26O5/c1-20(2)18-19-31-26-21(15-17-25(29)30-3)14-16-24-27(26)33-28(32-24,22-10-6-4-7-11-22)23-12-8-5-9-13-23/h4-18H,19H2,1-3H3/b17-15+. The van der Waals surface area contributed by atoms with Gasteiger partial charge in [-0.2, -0.15) is 0 Å². The number of benzene rings is 3. The van der Waals surface area contributed by atoms with E-state index in [4.69, 9.17) is 18.9 Å². The SMILES string of the molecule is COC(=O)/C=C/c1ccc2c(c1OCC=C(C)C)OC(c1ccccc1)(c1ccccc1)O2. The lowest BCUT2D eigenvalue weighted by molar-refractivity contribution is -0.134. The molecule has 168 valence electrons. The molecule has 0 aliphatic carbocycles. The van der Waals surface area contributed by atoms with E-state index in [2.05, 4.69) is 0 Å². The highest BCUT2D eigenvalue weighted by atomic mass is 16.7. The molecule has 0 radical (unpaired) electrons. The van der Waals surface area contributed by atoms with Gasteiger partial charge >= 0.3 is 11.8 Å². The molecule has 0 fully saturated rings. The minimum Gasteiger partial charge on any atom is -0.485 e. The van der Waals surface area contributed by atoms with E-state index in [9.17, 15) is 4.79 Å². The van der Waals surface area contributed by atoms with Crippen LogP contribution < -0.4 is 14.2 Å². The largest absolute Gasteiger partial charge is 0.485 e. The van der Waals surface area contributed by atoms with Gasteiger partial charge in [0.15, 0.2) is 11.5 Å². The van der Waals surface area contributed by atoms with E-state index in [1.807, 2.05) is 92.7 Å². The first-order valence-electron chi connectivity index (χ1n) is 10.7. The third kappa shape index (κ3) is 4.62. The summed E-state index contributed by atoms with van der Waals surface area (Å²) in [7, 11) is 1.34. The summed E-state index contributed by atoms with van der Waals surface area (Å²) in [5.74, 6) is -0.0730.